The Kier molecular flexibility index (Phi) is 9.07. The van der Waals surface area contributed by atoms with Gasteiger partial charge in [0.15, 0.2) is 0 Å². The third-order valence-corrected chi connectivity index (χ3v) is 14.9. The van der Waals surface area contributed by atoms with Crippen molar-refractivity contribution in [3.63, 3.8) is 0 Å². The number of rotatable bonds is 6. The van der Waals surface area contributed by atoms with Gasteiger partial charge < -0.3 is 4.90 Å². The van der Waals surface area contributed by atoms with E-state index in [1.165, 1.54) is 87.3 Å². The van der Waals surface area contributed by atoms with Crippen LogP contribution in [0.3, 0.4) is 0 Å². The SMILES string of the molecule is CC1(C)c2ccccc2C2(c3ccccc3Sc3ccc(-c4ccc(N(c5ccc(-c6ccccc6)cc5)c5ccc(-c6ccccc6)cc5)cc4)cc32)c2ccc3ccccc3c21. The normalized spacial score (nSPS) is 15.5. The Morgan fingerprint density at radius 3 is 1.39 bits per heavy atom. The number of benzene rings is 10. The Balaban J connectivity index is 1.00. The fourth-order valence-electron chi connectivity index (χ4n) is 10.8. The van der Waals surface area contributed by atoms with Crippen molar-refractivity contribution in [1.82, 2.24) is 0 Å². The van der Waals surface area contributed by atoms with Gasteiger partial charge in [0.05, 0.1) is 5.41 Å². The Morgan fingerprint density at radius 1 is 0.328 bits per heavy atom. The maximum absolute atomic E-state index is 2.50. The van der Waals surface area contributed by atoms with E-state index in [0.29, 0.717) is 0 Å². The Bertz CT molecular complexity index is 3270. The van der Waals surface area contributed by atoms with E-state index in [1.807, 2.05) is 11.8 Å². The molecule has 1 aliphatic heterocycles. The van der Waals surface area contributed by atoms with Crippen LogP contribution < -0.4 is 4.90 Å². The molecule has 1 spiro atoms. The second-order valence-electron chi connectivity index (χ2n) is 17.6. The molecule has 0 N–H and O–H groups in total. The summed E-state index contributed by atoms with van der Waals surface area (Å²) in [4.78, 5) is 4.98. The molecule has 0 aromatic heterocycles. The molecule has 0 amide bonds. The summed E-state index contributed by atoms with van der Waals surface area (Å²) in [6.07, 6.45) is 0. The van der Waals surface area contributed by atoms with Gasteiger partial charge in [0.1, 0.15) is 0 Å². The predicted octanol–water partition coefficient (Wildman–Crippen LogP) is 16.8. The largest absolute Gasteiger partial charge is 0.311 e. The molecule has 10 aromatic rings. The lowest BCUT2D eigenvalue weighted by atomic mass is 9.53. The molecule has 0 fully saturated rings. The van der Waals surface area contributed by atoms with E-state index in [4.69, 9.17) is 0 Å². The number of nitrogens with zero attached hydrogens (tertiary/aromatic N) is 1. The quantitative estimate of drug-likeness (QED) is 0.164. The van der Waals surface area contributed by atoms with Crippen molar-refractivity contribution in [1.29, 1.82) is 0 Å². The van der Waals surface area contributed by atoms with Crippen LogP contribution in [0.25, 0.3) is 44.2 Å². The summed E-state index contributed by atoms with van der Waals surface area (Å²) in [5.41, 5.74) is 18.1. The molecule has 0 bridgehead atoms. The standard InChI is InChI=1S/C62H45NS/c1-61(2)53-21-11-12-22-54(53)62(56-39-31-47-19-9-10-20-52(47)60(56)61)55-23-13-14-24-58(55)64-59-40-32-48(41-57(59)62)46-29-37-51(38-30-46)63(49-33-25-44(26-34-49)42-15-5-3-6-16-42)50-35-27-45(28-36-50)43-17-7-4-8-18-43/h3-41H,1-2H3. The van der Waals surface area contributed by atoms with Gasteiger partial charge in [-0.25, -0.2) is 0 Å². The Morgan fingerprint density at radius 2 is 0.781 bits per heavy atom. The van der Waals surface area contributed by atoms with E-state index < -0.39 is 5.41 Å². The number of hydrogen-bond acceptors (Lipinski definition) is 2. The average molecular weight is 836 g/mol. The van der Waals surface area contributed by atoms with Crippen LogP contribution in [0.5, 0.6) is 0 Å². The summed E-state index contributed by atoms with van der Waals surface area (Å²) in [6, 6.07) is 87.6. The molecule has 1 atom stereocenters. The highest BCUT2D eigenvalue weighted by molar-refractivity contribution is 7.99. The van der Waals surface area contributed by atoms with Crippen molar-refractivity contribution < 1.29 is 0 Å². The van der Waals surface area contributed by atoms with Gasteiger partial charge in [-0.05, 0) is 132 Å². The van der Waals surface area contributed by atoms with Crippen molar-refractivity contribution >= 4 is 39.6 Å². The monoisotopic (exact) mass is 835 g/mol. The molecule has 0 saturated carbocycles. The van der Waals surface area contributed by atoms with Crippen LogP contribution in [0, 0.1) is 0 Å². The summed E-state index contributed by atoms with van der Waals surface area (Å²) < 4.78 is 0. The zero-order valence-electron chi connectivity index (χ0n) is 35.9. The smallest absolute Gasteiger partial charge is 0.0729 e. The van der Waals surface area contributed by atoms with Crippen LogP contribution in [0.2, 0.25) is 0 Å². The van der Waals surface area contributed by atoms with Crippen LogP contribution in [-0.4, -0.2) is 0 Å². The molecule has 12 rings (SSSR count). The van der Waals surface area contributed by atoms with Gasteiger partial charge in [0.2, 0.25) is 0 Å². The minimum Gasteiger partial charge on any atom is -0.311 e. The van der Waals surface area contributed by atoms with Crippen molar-refractivity contribution in [2.45, 2.75) is 34.5 Å². The topological polar surface area (TPSA) is 3.24 Å². The lowest BCUT2D eigenvalue weighted by Crippen LogP contribution is -2.43. The third kappa shape index (κ3) is 6.01. The first-order valence-electron chi connectivity index (χ1n) is 22.2. The van der Waals surface area contributed by atoms with E-state index in [2.05, 4.69) is 255 Å². The summed E-state index contributed by atoms with van der Waals surface area (Å²) in [7, 11) is 0. The van der Waals surface area contributed by atoms with E-state index in [9.17, 15) is 0 Å². The predicted molar refractivity (Wildman–Crippen MR) is 269 cm³/mol. The van der Waals surface area contributed by atoms with Crippen LogP contribution in [0.15, 0.2) is 246 Å². The summed E-state index contributed by atoms with van der Waals surface area (Å²) in [5.74, 6) is 0. The highest BCUT2D eigenvalue weighted by atomic mass is 32.2. The first-order valence-corrected chi connectivity index (χ1v) is 23.1. The lowest BCUT2D eigenvalue weighted by Gasteiger charge is -2.50. The second-order valence-corrected chi connectivity index (χ2v) is 18.7. The molecule has 1 heterocycles. The van der Waals surface area contributed by atoms with E-state index >= 15 is 0 Å². The van der Waals surface area contributed by atoms with Crippen molar-refractivity contribution in [3.05, 3.63) is 270 Å². The van der Waals surface area contributed by atoms with Gasteiger partial charge in [-0.15, -0.1) is 0 Å². The van der Waals surface area contributed by atoms with Gasteiger partial charge in [0.25, 0.3) is 0 Å². The van der Waals surface area contributed by atoms with Crippen LogP contribution in [0.4, 0.5) is 17.1 Å². The van der Waals surface area contributed by atoms with Gasteiger partial charge in [-0.3, -0.25) is 0 Å². The molecule has 64 heavy (non-hydrogen) atoms. The highest BCUT2D eigenvalue weighted by Crippen LogP contribution is 2.62. The van der Waals surface area contributed by atoms with Crippen molar-refractivity contribution in [3.8, 4) is 33.4 Å². The highest BCUT2D eigenvalue weighted by Gasteiger charge is 2.52. The molecule has 10 aromatic carbocycles. The molecular formula is C62H45NS. The first kappa shape index (κ1) is 38.3. The van der Waals surface area contributed by atoms with Crippen molar-refractivity contribution in [2.24, 2.45) is 0 Å². The molecule has 1 aliphatic carbocycles. The summed E-state index contributed by atoms with van der Waals surface area (Å²) in [5, 5.41) is 2.61. The molecule has 0 radical (unpaired) electrons. The fraction of sp³-hybridized carbons (Fsp3) is 0.0645. The maximum Gasteiger partial charge on any atom is 0.0729 e. The first-order chi connectivity index (χ1) is 31.5. The maximum atomic E-state index is 2.50. The summed E-state index contributed by atoms with van der Waals surface area (Å²) in [6.45, 7) is 4.84. The molecule has 2 heteroatoms. The third-order valence-electron chi connectivity index (χ3n) is 13.8. The fourth-order valence-corrected chi connectivity index (χ4v) is 12.0. The summed E-state index contributed by atoms with van der Waals surface area (Å²) >= 11 is 1.90. The molecule has 0 saturated heterocycles. The van der Waals surface area contributed by atoms with E-state index in [-0.39, 0.29) is 5.41 Å². The zero-order valence-corrected chi connectivity index (χ0v) is 36.7. The molecule has 304 valence electrons. The average Bonchev–Trinajstić information content (AvgIpc) is 3.36. The number of anilines is 3. The van der Waals surface area contributed by atoms with Gasteiger partial charge in [0, 0.05) is 32.3 Å². The molecular weight excluding hydrogens is 791 g/mol. The Hall–Kier alpha value is -7.39. The van der Waals surface area contributed by atoms with Crippen LogP contribution in [-0.2, 0) is 10.8 Å². The number of fused-ring (bicyclic) bond motifs is 10. The molecule has 2 aliphatic rings. The number of hydrogen-bond donors (Lipinski definition) is 0. The van der Waals surface area contributed by atoms with E-state index in [0.717, 1.165) is 17.1 Å². The van der Waals surface area contributed by atoms with Gasteiger partial charge >= 0.3 is 0 Å². The minimum atomic E-state index is -0.507. The van der Waals surface area contributed by atoms with Crippen LogP contribution in [0.1, 0.15) is 47.2 Å². The lowest BCUT2D eigenvalue weighted by molar-refractivity contribution is 0.554. The molecule has 1 nitrogen and oxygen atoms in total. The zero-order chi connectivity index (χ0) is 42.8. The second kappa shape index (κ2) is 15.2. The van der Waals surface area contributed by atoms with E-state index in [1.54, 1.807) is 0 Å². The molecule has 1 unspecified atom stereocenters. The minimum absolute atomic E-state index is 0.208. The van der Waals surface area contributed by atoms with Crippen molar-refractivity contribution in [2.75, 3.05) is 4.90 Å². The van der Waals surface area contributed by atoms with Gasteiger partial charge in [-0.1, -0.05) is 208 Å². The van der Waals surface area contributed by atoms with Gasteiger partial charge in [-0.2, -0.15) is 0 Å². The van der Waals surface area contributed by atoms with Crippen LogP contribution >= 0.6 is 11.8 Å². The Labute approximate surface area is 380 Å².